The number of nitrogens with one attached hydrogen (secondary N) is 1. The topological polar surface area (TPSA) is 97.0 Å². The van der Waals surface area contributed by atoms with E-state index in [1.54, 1.807) is 10.9 Å². The smallest absolute Gasteiger partial charge is 0.245 e. The van der Waals surface area contributed by atoms with Crippen LogP contribution in [0.5, 0.6) is 0 Å². The minimum Gasteiger partial charge on any atom is -0.340 e. The van der Waals surface area contributed by atoms with Crippen LogP contribution < -0.4 is 10.2 Å². The van der Waals surface area contributed by atoms with Gasteiger partial charge in [0.15, 0.2) is 17.0 Å². The zero-order chi connectivity index (χ0) is 21.7. The van der Waals surface area contributed by atoms with Crippen molar-refractivity contribution in [2.75, 3.05) is 36.4 Å². The lowest BCUT2D eigenvalue weighted by Crippen LogP contribution is -2.32. The van der Waals surface area contributed by atoms with Crippen molar-refractivity contribution in [3.05, 3.63) is 31.4 Å². The summed E-state index contributed by atoms with van der Waals surface area (Å²) in [5.41, 5.74) is 2.40. The zero-order valence-corrected chi connectivity index (χ0v) is 18.1. The normalized spacial score (nSPS) is 20.6. The third-order valence-electron chi connectivity index (χ3n) is 6.19. The molecule has 0 aliphatic carbocycles. The number of likely N-dealkylation sites (tertiary alicyclic amines) is 1. The quantitative estimate of drug-likeness (QED) is 0.629. The number of hydrogen-bond acceptors (Lipinski definition) is 7. The van der Waals surface area contributed by atoms with E-state index in [-0.39, 0.29) is 11.9 Å². The minimum absolute atomic E-state index is 0.0161. The average molecular weight is 422 g/mol. The maximum atomic E-state index is 12.0. The van der Waals surface area contributed by atoms with E-state index in [4.69, 9.17) is 9.97 Å². The summed E-state index contributed by atoms with van der Waals surface area (Å²) < 4.78 is 3.81. The lowest BCUT2D eigenvalue weighted by molar-refractivity contribution is -0.125. The molecule has 2 saturated heterocycles. The molecule has 3 aromatic rings. The van der Waals surface area contributed by atoms with Gasteiger partial charge in [0.25, 0.3) is 0 Å². The maximum Gasteiger partial charge on any atom is 0.245 e. The molecule has 2 atom stereocenters. The Kier molecular flexibility index (Phi) is 4.64. The molecule has 2 unspecified atom stereocenters. The first kappa shape index (κ1) is 19.5. The number of carbonyl (C=O) groups excluding carboxylic acids is 1. The third kappa shape index (κ3) is 3.41. The Morgan fingerprint density at radius 2 is 1.97 bits per heavy atom. The van der Waals surface area contributed by atoms with Crippen LogP contribution in [0.25, 0.3) is 11.2 Å². The molecular weight excluding hydrogens is 394 g/mol. The van der Waals surface area contributed by atoms with Crippen molar-refractivity contribution in [3.8, 4) is 0 Å². The molecule has 0 bridgehead atoms. The van der Waals surface area contributed by atoms with Crippen LogP contribution in [0.3, 0.4) is 0 Å². The number of aryl methyl sites for hydroxylation is 1. The first-order valence-electron chi connectivity index (χ1n) is 10.6. The Labute approximate surface area is 180 Å². The van der Waals surface area contributed by atoms with Crippen molar-refractivity contribution in [2.45, 2.75) is 19.9 Å². The predicted molar refractivity (Wildman–Crippen MR) is 118 cm³/mol. The Hall–Kier alpha value is -3.43. The molecule has 5 heterocycles. The van der Waals surface area contributed by atoms with Crippen LogP contribution in [-0.2, 0) is 11.8 Å². The van der Waals surface area contributed by atoms with E-state index < -0.39 is 0 Å². The van der Waals surface area contributed by atoms with Gasteiger partial charge >= 0.3 is 0 Å². The second-order valence-electron chi connectivity index (χ2n) is 8.69. The lowest BCUT2D eigenvalue weighted by atomic mass is 10.0. The molecule has 0 saturated carbocycles. The van der Waals surface area contributed by atoms with E-state index in [0.717, 1.165) is 43.0 Å². The highest BCUT2D eigenvalue weighted by molar-refractivity contribution is 5.87. The highest BCUT2D eigenvalue weighted by atomic mass is 16.2. The van der Waals surface area contributed by atoms with Crippen molar-refractivity contribution in [1.82, 2.24) is 34.2 Å². The number of nitrogens with zero attached hydrogens (tertiary/aromatic N) is 8. The van der Waals surface area contributed by atoms with Gasteiger partial charge in [0.1, 0.15) is 0 Å². The second-order valence-corrected chi connectivity index (χ2v) is 8.69. The molecule has 162 valence electrons. The van der Waals surface area contributed by atoms with Crippen LogP contribution in [0.4, 0.5) is 17.5 Å². The van der Waals surface area contributed by atoms with Gasteiger partial charge in [-0.25, -0.2) is 4.98 Å². The molecule has 3 aromatic heterocycles. The largest absolute Gasteiger partial charge is 0.340 e. The number of aromatic nitrogens is 6. The van der Waals surface area contributed by atoms with Gasteiger partial charge in [-0.05, 0) is 19.9 Å². The first-order valence-corrected chi connectivity index (χ1v) is 10.6. The lowest BCUT2D eigenvalue weighted by Gasteiger charge is -2.21. The third-order valence-corrected chi connectivity index (χ3v) is 6.19. The highest BCUT2D eigenvalue weighted by Gasteiger charge is 2.42. The van der Waals surface area contributed by atoms with Gasteiger partial charge in [-0.2, -0.15) is 15.1 Å². The van der Waals surface area contributed by atoms with Crippen LogP contribution in [-0.4, -0.2) is 66.3 Å². The molecule has 2 aliphatic rings. The standard InChI is InChI=1S/C21H27N9O/c1-5-17(31)28-7-14-9-29(10-15(14)8-28)21-25-19(24-16-6-23-27(4)11-16)18-20(26-21)30(12-22-18)13(2)3/h5-6,11-15H,1,7-10H2,2-4H3,(H,24,25,26). The fourth-order valence-electron chi connectivity index (χ4n) is 4.60. The van der Waals surface area contributed by atoms with Crippen molar-refractivity contribution in [1.29, 1.82) is 0 Å². The van der Waals surface area contributed by atoms with E-state index in [9.17, 15) is 4.79 Å². The van der Waals surface area contributed by atoms with E-state index in [0.29, 0.717) is 23.6 Å². The molecule has 1 amide bonds. The number of rotatable bonds is 5. The summed E-state index contributed by atoms with van der Waals surface area (Å²) in [6.45, 7) is 11.0. The Morgan fingerprint density at radius 1 is 1.23 bits per heavy atom. The molecule has 0 radical (unpaired) electrons. The summed E-state index contributed by atoms with van der Waals surface area (Å²) in [5, 5.41) is 7.59. The number of anilines is 3. The Morgan fingerprint density at radius 3 is 2.58 bits per heavy atom. The summed E-state index contributed by atoms with van der Waals surface area (Å²) >= 11 is 0. The SMILES string of the molecule is C=CC(=O)N1CC2CN(c3nc(Nc4cnn(C)c4)c4ncn(C(C)C)c4n3)CC2C1. The van der Waals surface area contributed by atoms with Gasteiger partial charge in [0.2, 0.25) is 11.9 Å². The summed E-state index contributed by atoms with van der Waals surface area (Å²) in [6, 6.07) is 0.232. The molecule has 0 aromatic carbocycles. The van der Waals surface area contributed by atoms with Crippen LogP contribution in [0, 0.1) is 11.8 Å². The molecular formula is C21H27N9O. The molecule has 2 fully saturated rings. The minimum atomic E-state index is 0.0161. The monoisotopic (exact) mass is 421 g/mol. The zero-order valence-electron chi connectivity index (χ0n) is 18.1. The predicted octanol–water partition coefficient (Wildman–Crippen LogP) is 1.96. The number of amides is 1. The van der Waals surface area contributed by atoms with Gasteiger partial charge in [0, 0.05) is 57.3 Å². The number of imidazole rings is 1. The Bertz CT molecular complexity index is 1130. The van der Waals surface area contributed by atoms with E-state index in [1.165, 1.54) is 6.08 Å². The molecule has 0 spiro atoms. The second kappa shape index (κ2) is 7.36. The number of hydrogen-bond donors (Lipinski definition) is 1. The molecule has 10 heteroatoms. The first-order chi connectivity index (χ1) is 14.9. The molecule has 10 nitrogen and oxygen atoms in total. The number of carbonyl (C=O) groups is 1. The Balaban J connectivity index is 1.47. The summed E-state index contributed by atoms with van der Waals surface area (Å²) in [4.78, 5) is 30.4. The molecule has 5 rings (SSSR count). The maximum absolute atomic E-state index is 12.0. The van der Waals surface area contributed by atoms with Crippen molar-refractivity contribution in [2.24, 2.45) is 18.9 Å². The fraction of sp³-hybridized carbons (Fsp3) is 0.476. The van der Waals surface area contributed by atoms with Crippen LogP contribution in [0.1, 0.15) is 19.9 Å². The fourth-order valence-corrected chi connectivity index (χ4v) is 4.60. The number of fused-ring (bicyclic) bond motifs is 2. The van der Waals surface area contributed by atoms with E-state index >= 15 is 0 Å². The van der Waals surface area contributed by atoms with E-state index in [2.05, 4.69) is 45.3 Å². The van der Waals surface area contributed by atoms with E-state index in [1.807, 2.05) is 24.5 Å². The van der Waals surface area contributed by atoms with Crippen LogP contribution in [0.15, 0.2) is 31.4 Å². The van der Waals surface area contributed by atoms with Gasteiger partial charge in [-0.3, -0.25) is 9.48 Å². The molecule has 31 heavy (non-hydrogen) atoms. The van der Waals surface area contributed by atoms with Crippen LogP contribution in [0.2, 0.25) is 0 Å². The van der Waals surface area contributed by atoms with Gasteiger partial charge in [-0.1, -0.05) is 6.58 Å². The summed E-state index contributed by atoms with van der Waals surface area (Å²) in [6.07, 6.45) is 6.88. The van der Waals surface area contributed by atoms with Crippen LogP contribution >= 0.6 is 0 Å². The van der Waals surface area contributed by atoms with Crippen molar-refractivity contribution >= 4 is 34.5 Å². The summed E-state index contributed by atoms with van der Waals surface area (Å²) in [7, 11) is 1.88. The highest BCUT2D eigenvalue weighted by Crippen LogP contribution is 2.35. The van der Waals surface area contributed by atoms with Crippen molar-refractivity contribution in [3.63, 3.8) is 0 Å². The average Bonchev–Trinajstić information content (AvgIpc) is 3.49. The van der Waals surface area contributed by atoms with Gasteiger partial charge in [-0.15, -0.1) is 0 Å². The molecule has 1 N–H and O–H groups in total. The van der Waals surface area contributed by atoms with Gasteiger partial charge < -0.3 is 19.7 Å². The van der Waals surface area contributed by atoms with Gasteiger partial charge in [0.05, 0.1) is 18.2 Å². The molecule has 2 aliphatic heterocycles. The summed E-state index contributed by atoms with van der Waals surface area (Å²) in [5.74, 6) is 2.23. The van der Waals surface area contributed by atoms with Crippen molar-refractivity contribution < 1.29 is 4.79 Å².